The second-order valence-electron chi connectivity index (χ2n) is 5.03. The van der Waals surface area contributed by atoms with Crippen molar-refractivity contribution in [3.05, 3.63) is 11.7 Å². The lowest BCUT2D eigenvalue weighted by Crippen LogP contribution is -2.40. The Morgan fingerprint density at radius 3 is 2.67 bits per heavy atom. The third kappa shape index (κ3) is 4.78. The number of nitrogens with one attached hydrogen (secondary N) is 1. The molecule has 1 saturated heterocycles. The molecule has 0 bridgehead atoms. The minimum Gasteiger partial charge on any atom is -0.355 e. The van der Waals surface area contributed by atoms with Gasteiger partial charge in [0.1, 0.15) is 0 Å². The smallest absolute Gasteiger partial charge is 0.227 e. The van der Waals surface area contributed by atoms with E-state index in [0.29, 0.717) is 24.8 Å². The van der Waals surface area contributed by atoms with Gasteiger partial charge in [0.2, 0.25) is 21.8 Å². The van der Waals surface area contributed by atoms with Gasteiger partial charge in [-0.3, -0.25) is 4.79 Å². The Kier molecular flexibility index (Phi) is 5.29. The molecule has 0 saturated carbocycles. The molecule has 2 rings (SSSR count). The molecule has 0 aliphatic carbocycles. The van der Waals surface area contributed by atoms with Crippen molar-refractivity contribution in [1.29, 1.82) is 0 Å². The van der Waals surface area contributed by atoms with E-state index in [9.17, 15) is 13.2 Å². The normalized spacial score (nSPS) is 16.8. The molecule has 0 radical (unpaired) electrons. The van der Waals surface area contributed by atoms with E-state index in [4.69, 9.17) is 4.52 Å². The fourth-order valence-corrected chi connectivity index (χ4v) is 3.64. The van der Waals surface area contributed by atoms with Gasteiger partial charge in [0.25, 0.3) is 0 Å². The van der Waals surface area contributed by atoms with Crippen LogP contribution in [0.15, 0.2) is 4.52 Å². The molecule has 1 amide bonds. The van der Waals surface area contributed by atoms with Crippen LogP contribution >= 0.6 is 0 Å². The molecule has 1 aromatic rings. The van der Waals surface area contributed by atoms with Gasteiger partial charge in [-0.1, -0.05) is 11.6 Å². The van der Waals surface area contributed by atoms with Crippen molar-refractivity contribution >= 4 is 15.9 Å². The van der Waals surface area contributed by atoms with Crippen molar-refractivity contribution in [1.82, 2.24) is 19.8 Å². The summed E-state index contributed by atoms with van der Waals surface area (Å²) in [6.07, 6.45) is 2.87. The monoisotopic (exact) mass is 316 g/mol. The van der Waals surface area contributed by atoms with Crippen molar-refractivity contribution < 1.29 is 17.7 Å². The lowest BCUT2D eigenvalue weighted by Gasteiger charge is -2.25. The lowest BCUT2D eigenvalue weighted by atomic mass is 10.2. The highest BCUT2D eigenvalue weighted by molar-refractivity contribution is 7.89. The number of sulfonamides is 1. The Morgan fingerprint density at radius 1 is 1.33 bits per heavy atom. The van der Waals surface area contributed by atoms with Crippen LogP contribution in [0.3, 0.4) is 0 Å². The van der Waals surface area contributed by atoms with Crippen LogP contribution in [0.25, 0.3) is 0 Å². The fourth-order valence-electron chi connectivity index (χ4n) is 2.21. The largest absolute Gasteiger partial charge is 0.355 e. The highest BCUT2D eigenvalue weighted by Gasteiger charge is 2.23. The summed E-state index contributed by atoms with van der Waals surface area (Å²) in [5.41, 5.74) is 0. The molecule has 1 N–H and O–H groups in total. The molecular weight excluding hydrogens is 296 g/mol. The Morgan fingerprint density at radius 2 is 2.05 bits per heavy atom. The summed E-state index contributed by atoms with van der Waals surface area (Å²) in [6, 6.07) is 0. The second-order valence-corrected chi connectivity index (χ2v) is 7.12. The maximum absolute atomic E-state index is 12.1. The Balaban J connectivity index is 1.74. The summed E-state index contributed by atoms with van der Waals surface area (Å²) in [6.45, 7) is 2.89. The number of carbonyl (C=O) groups is 1. The molecule has 1 aromatic heterocycles. The van der Waals surface area contributed by atoms with Crippen LogP contribution in [0.2, 0.25) is 0 Å². The molecule has 1 aliphatic rings. The minimum absolute atomic E-state index is 0.0128. The van der Waals surface area contributed by atoms with Crippen LogP contribution in [0, 0.1) is 6.92 Å². The van der Waals surface area contributed by atoms with E-state index in [1.165, 1.54) is 4.31 Å². The van der Waals surface area contributed by atoms with Gasteiger partial charge in [-0.25, -0.2) is 12.7 Å². The second kappa shape index (κ2) is 6.99. The van der Waals surface area contributed by atoms with E-state index in [1.54, 1.807) is 6.92 Å². The fraction of sp³-hybridized carbons (Fsp3) is 0.750. The summed E-state index contributed by atoms with van der Waals surface area (Å²) >= 11 is 0. The number of hydrogen-bond donors (Lipinski definition) is 1. The van der Waals surface area contributed by atoms with Gasteiger partial charge in [0.15, 0.2) is 5.82 Å². The Hall–Kier alpha value is -1.48. The molecule has 0 aromatic carbocycles. The molecular formula is C12H20N4O4S. The molecule has 1 aliphatic heterocycles. The molecule has 0 unspecified atom stereocenters. The van der Waals surface area contributed by atoms with Gasteiger partial charge in [-0.2, -0.15) is 4.98 Å². The molecule has 2 heterocycles. The van der Waals surface area contributed by atoms with Crippen LogP contribution in [0.5, 0.6) is 0 Å². The quantitative estimate of drug-likeness (QED) is 0.782. The van der Waals surface area contributed by atoms with Gasteiger partial charge in [0, 0.05) is 26.6 Å². The first-order valence-electron chi connectivity index (χ1n) is 7.01. The van der Waals surface area contributed by atoms with E-state index in [2.05, 4.69) is 15.5 Å². The zero-order valence-corrected chi connectivity index (χ0v) is 12.9. The number of amides is 1. The molecule has 8 nitrogen and oxygen atoms in total. The van der Waals surface area contributed by atoms with Gasteiger partial charge in [-0.15, -0.1) is 0 Å². The van der Waals surface area contributed by atoms with Crippen LogP contribution in [-0.4, -0.2) is 54.2 Å². The van der Waals surface area contributed by atoms with Crippen molar-refractivity contribution in [2.24, 2.45) is 0 Å². The SMILES string of the molecule is Cc1nc(CC(=O)NCCS(=O)(=O)N2CCCCC2)no1. The summed E-state index contributed by atoms with van der Waals surface area (Å²) in [7, 11) is -3.28. The zero-order chi connectivity index (χ0) is 15.3. The Labute approximate surface area is 123 Å². The topological polar surface area (TPSA) is 105 Å². The number of aryl methyl sites for hydroxylation is 1. The molecule has 21 heavy (non-hydrogen) atoms. The van der Waals surface area contributed by atoms with Gasteiger partial charge < -0.3 is 9.84 Å². The van der Waals surface area contributed by atoms with Crippen LogP contribution in [0.1, 0.15) is 31.0 Å². The van der Waals surface area contributed by atoms with Gasteiger partial charge in [0.05, 0.1) is 12.2 Å². The summed E-state index contributed by atoms with van der Waals surface area (Å²) < 4.78 is 30.4. The van der Waals surface area contributed by atoms with Crippen LogP contribution in [-0.2, 0) is 21.2 Å². The zero-order valence-electron chi connectivity index (χ0n) is 12.0. The minimum atomic E-state index is -3.28. The number of nitrogens with zero attached hydrogens (tertiary/aromatic N) is 3. The number of aromatic nitrogens is 2. The maximum Gasteiger partial charge on any atom is 0.227 e. The average molecular weight is 316 g/mol. The van der Waals surface area contributed by atoms with Gasteiger partial charge >= 0.3 is 0 Å². The number of carbonyl (C=O) groups excluding carboxylic acids is 1. The summed E-state index contributed by atoms with van der Waals surface area (Å²) in [5.74, 6) is 0.295. The standard InChI is InChI=1S/C12H20N4O4S/c1-10-14-11(15-20-10)9-12(17)13-5-8-21(18,19)16-6-3-2-4-7-16/h2-9H2,1H3,(H,13,17). The highest BCUT2D eigenvalue weighted by Crippen LogP contribution is 2.12. The van der Waals surface area contributed by atoms with E-state index < -0.39 is 10.0 Å². The summed E-state index contributed by atoms with van der Waals surface area (Å²) in [4.78, 5) is 15.6. The van der Waals surface area contributed by atoms with Crippen LogP contribution in [0.4, 0.5) is 0 Å². The van der Waals surface area contributed by atoms with Crippen molar-refractivity contribution in [3.8, 4) is 0 Å². The molecule has 0 spiro atoms. The first-order valence-corrected chi connectivity index (χ1v) is 8.62. The van der Waals surface area contributed by atoms with Crippen molar-refractivity contribution in [2.75, 3.05) is 25.4 Å². The van der Waals surface area contributed by atoms with Gasteiger partial charge in [-0.05, 0) is 12.8 Å². The Bertz CT molecular complexity index is 578. The third-order valence-corrected chi connectivity index (χ3v) is 5.15. The lowest BCUT2D eigenvalue weighted by molar-refractivity contribution is -0.120. The number of piperidine rings is 1. The third-order valence-electron chi connectivity index (χ3n) is 3.28. The maximum atomic E-state index is 12.1. The highest BCUT2D eigenvalue weighted by atomic mass is 32.2. The van der Waals surface area contributed by atoms with E-state index >= 15 is 0 Å². The van der Waals surface area contributed by atoms with Crippen LogP contribution < -0.4 is 5.32 Å². The molecule has 118 valence electrons. The summed E-state index contributed by atoms with van der Waals surface area (Å²) in [5, 5.41) is 6.18. The number of hydrogen-bond acceptors (Lipinski definition) is 6. The molecule has 0 atom stereocenters. The van der Waals surface area contributed by atoms with E-state index in [1.807, 2.05) is 0 Å². The predicted molar refractivity (Wildman–Crippen MR) is 75.0 cm³/mol. The first kappa shape index (κ1) is 15.9. The molecule has 9 heteroatoms. The van der Waals surface area contributed by atoms with Crippen molar-refractivity contribution in [2.45, 2.75) is 32.6 Å². The average Bonchev–Trinajstić information content (AvgIpc) is 2.85. The first-order chi connectivity index (χ1) is 9.97. The molecule has 1 fully saturated rings. The predicted octanol–water partition coefficient (Wildman–Crippen LogP) is -0.148. The van der Waals surface area contributed by atoms with Crippen molar-refractivity contribution in [3.63, 3.8) is 0 Å². The van der Waals surface area contributed by atoms with E-state index in [-0.39, 0.29) is 24.6 Å². The van der Waals surface area contributed by atoms with E-state index in [0.717, 1.165) is 19.3 Å². The number of rotatable bonds is 6.